The molecule has 2 aromatic heterocycles. The van der Waals surface area contributed by atoms with Gasteiger partial charge in [-0.3, -0.25) is 14.6 Å². The van der Waals surface area contributed by atoms with Crippen molar-refractivity contribution in [1.82, 2.24) is 19.7 Å². The lowest BCUT2D eigenvalue weighted by molar-refractivity contribution is 0.0627. The number of carbonyl (C=O) groups excluding carboxylic acids is 1. The first-order valence-corrected chi connectivity index (χ1v) is 10.4. The fourth-order valence-electron chi connectivity index (χ4n) is 3.54. The number of hydrogen-bond donors (Lipinski definition) is 1. The van der Waals surface area contributed by atoms with Crippen molar-refractivity contribution in [2.75, 3.05) is 39.8 Å². The lowest BCUT2D eigenvalue weighted by atomic mass is 10.1. The largest absolute Gasteiger partial charge is 0.467 e. The zero-order valence-corrected chi connectivity index (χ0v) is 17.4. The predicted octanol–water partition coefficient (Wildman–Crippen LogP) is 2.21. The highest BCUT2D eigenvalue weighted by Gasteiger charge is 2.22. The van der Waals surface area contributed by atoms with E-state index in [0.29, 0.717) is 24.7 Å². The molecule has 1 atom stereocenters. The van der Waals surface area contributed by atoms with Gasteiger partial charge in [-0.1, -0.05) is 19.8 Å². The van der Waals surface area contributed by atoms with E-state index in [4.69, 9.17) is 8.83 Å². The van der Waals surface area contributed by atoms with Crippen LogP contribution in [0.2, 0.25) is 0 Å². The molecule has 3 heterocycles. The summed E-state index contributed by atoms with van der Waals surface area (Å²) in [5.74, 6) is 1.08. The van der Waals surface area contributed by atoms with Crippen LogP contribution in [0, 0.1) is 0 Å². The SMILES string of the molecule is CCCCC(O)CN1CCN(Cc2nc(C(=O)N(C)Cc3ccco3)co2)CC1. The molecule has 0 saturated carbocycles. The zero-order valence-electron chi connectivity index (χ0n) is 17.4. The number of piperazine rings is 1. The highest BCUT2D eigenvalue weighted by atomic mass is 16.3. The van der Waals surface area contributed by atoms with E-state index >= 15 is 0 Å². The third kappa shape index (κ3) is 6.42. The van der Waals surface area contributed by atoms with Crippen molar-refractivity contribution in [2.45, 2.75) is 45.4 Å². The van der Waals surface area contributed by atoms with Crippen LogP contribution in [0.15, 0.2) is 33.5 Å². The van der Waals surface area contributed by atoms with E-state index in [1.165, 1.54) is 6.26 Å². The number of carbonyl (C=O) groups is 1. The molecule has 0 aromatic carbocycles. The van der Waals surface area contributed by atoms with Gasteiger partial charge in [0.2, 0.25) is 5.89 Å². The summed E-state index contributed by atoms with van der Waals surface area (Å²) in [6.45, 7) is 7.48. The monoisotopic (exact) mass is 404 g/mol. The summed E-state index contributed by atoms with van der Waals surface area (Å²) in [7, 11) is 1.72. The Hall–Kier alpha value is -2.16. The number of hydrogen-bond acceptors (Lipinski definition) is 7. The molecule has 8 heteroatoms. The van der Waals surface area contributed by atoms with Crippen molar-refractivity contribution in [3.05, 3.63) is 42.0 Å². The molecule has 29 heavy (non-hydrogen) atoms. The number of aliphatic hydroxyl groups is 1. The fourth-order valence-corrected chi connectivity index (χ4v) is 3.54. The highest BCUT2D eigenvalue weighted by Crippen LogP contribution is 2.13. The maximum atomic E-state index is 12.5. The number of aromatic nitrogens is 1. The van der Waals surface area contributed by atoms with Gasteiger partial charge in [-0.2, -0.15) is 0 Å². The zero-order chi connectivity index (χ0) is 20.6. The second kappa shape index (κ2) is 10.6. The lowest BCUT2D eigenvalue weighted by Crippen LogP contribution is -2.48. The molecule has 1 fully saturated rings. The second-order valence-electron chi connectivity index (χ2n) is 7.74. The van der Waals surface area contributed by atoms with Gasteiger partial charge < -0.3 is 18.8 Å². The summed E-state index contributed by atoms with van der Waals surface area (Å²) in [6, 6.07) is 3.63. The molecule has 2 aromatic rings. The summed E-state index contributed by atoms with van der Waals surface area (Å²) in [4.78, 5) is 23.0. The van der Waals surface area contributed by atoms with Gasteiger partial charge in [-0.05, 0) is 18.6 Å². The molecule has 8 nitrogen and oxygen atoms in total. The number of rotatable bonds is 10. The molecule has 1 aliphatic rings. The van der Waals surface area contributed by atoms with Gasteiger partial charge in [0.15, 0.2) is 5.69 Å². The van der Waals surface area contributed by atoms with Gasteiger partial charge in [0.25, 0.3) is 5.91 Å². The number of furan rings is 1. The van der Waals surface area contributed by atoms with E-state index in [2.05, 4.69) is 21.7 Å². The van der Waals surface area contributed by atoms with Crippen LogP contribution in [-0.2, 0) is 13.1 Å². The third-order valence-electron chi connectivity index (χ3n) is 5.27. The maximum Gasteiger partial charge on any atom is 0.275 e. The minimum atomic E-state index is -0.236. The summed E-state index contributed by atoms with van der Waals surface area (Å²) < 4.78 is 10.8. The predicted molar refractivity (Wildman–Crippen MR) is 108 cm³/mol. The van der Waals surface area contributed by atoms with Crippen LogP contribution >= 0.6 is 0 Å². The van der Waals surface area contributed by atoms with E-state index < -0.39 is 0 Å². The first-order chi connectivity index (χ1) is 14.0. The topological polar surface area (TPSA) is 86.2 Å². The standard InChI is InChI=1S/C21H32N4O4/c1-3-4-6-17(26)13-24-8-10-25(11-9-24)15-20-22-19(16-29-20)21(27)23(2)14-18-7-5-12-28-18/h5,7,12,16-17,26H,3-4,6,8-11,13-15H2,1-2H3. The first kappa shape index (κ1) is 21.5. The van der Waals surface area contributed by atoms with Crippen molar-refractivity contribution in [2.24, 2.45) is 0 Å². The number of amides is 1. The molecule has 0 radical (unpaired) electrons. The van der Waals surface area contributed by atoms with Gasteiger partial charge in [-0.15, -0.1) is 0 Å². The Balaban J connectivity index is 1.43. The summed E-state index contributed by atoms with van der Waals surface area (Å²) in [6.07, 6.45) is 5.84. The Morgan fingerprint density at radius 1 is 1.28 bits per heavy atom. The average molecular weight is 405 g/mol. The Kier molecular flexibility index (Phi) is 7.85. The Morgan fingerprint density at radius 2 is 2.03 bits per heavy atom. The molecule has 1 amide bonds. The van der Waals surface area contributed by atoms with Crippen molar-refractivity contribution in [1.29, 1.82) is 0 Å². The highest BCUT2D eigenvalue weighted by molar-refractivity contribution is 5.91. The average Bonchev–Trinajstić information content (AvgIpc) is 3.39. The maximum absolute atomic E-state index is 12.5. The van der Waals surface area contributed by atoms with Crippen LogP contribution < -0.4 is 0 Å². The summed E-state index contributed by atoms with van der Waals surface area (Å²) in [5, 5.41) is 10.1. The number of aliphatic hydroxyl groups excluding tert-OH is 1. The second-order valence-corrected chi connectivity index (χ2v) is 7.74. The van der Waals surface area contributed by atoms with Crippen molar-refractivity contribution in [3.8, 4) is 0 Å². The molecule has 3 rings (SSSR count). The molecular formula is C21H32N4O4. The smallest absolute Gasteiger partial charge is 0.275 e. The van der Waals surface area contributed by atoms with Crippen LogP contribution in [0.4, 0.5) is 0 Å². The third-order valence-corrected chi connectivity index (χ3v) is 5.27. The number of unbranched alkanes of at least 4 members (excludes halogenated alkanes) is 1. The van der Waals surface area contributed by atoms with E-state index in [-0.39, 0.29) is 12.0 Å². The van der Waals surface area contributed by atoms with Crippen molar-refractivity contribution >= 4 is 5.91 Å². The molecule has 1 unspecified atom stereocenters. The summed E-state index contributed by atoms with van der Waals surface area (Å²) >= 11 is 0. The van der Waals surface area contributed by atoms with E-state index in [1.54, 1.807) is 24.3 Å². The van der Waals surface area contributed by atoms with Gasteiger partial charge >= 0.3 is 0 Å². The van der Waals surface area contributed by atoms with Crippen LogP contribution in [0.5, 0.6) is 0 Å². The van der Waals surface area contributed by atoms with Crippen LogP contribution in [-0.4, -0.2) is 76.6 Å². The minimum Gasteiger partial charge on any atom is -0.467 e. The van der Waals surface area contributed by atoms with E-state index in [1.807, 2.05) is 6.07 Å². The van der Waals surface area contributed by atoms with E-state index in [9.17, 15) is 9.90 Å². The Bertz CT molecular complexity index is 738. The molecular weight excluding hydrogens is 372 g/mol. The van der Waals surface area contributed by atoms with Gasteiger partial charge in [0, 0.05) is 39.8 Å². The number of β-amino-alcohol motifs (C(OH)–C–C–N with tert-alkyl or cyclic N) is 1. The lowest BCUT2D eigenvalue weighted by Gasteiger charge is -2.35. The summed E-state index contributed by atoms with van der Waals surface area (Å²) in [5.41, 5.74) is 0.312. The van der Waals surface area contributed by atoms with Crippen LogP contribution in [0.1, 0.15) is 48.3 Å². The molecule has 1 saturated heterocycles. The van der Waals surface area contributed by atoms with Crippen LogP contribution in [0.3, 0.4) is 0 Å². The van der Waals surface area contributed by atoms with E-state index in [0.717, 1.165) is 57.7 Å². The minimum absolute atomic E-state index is 0.192. The molecule has 1 N–H and O–H groups in total. The van der Waals surface area contributed by atoms with Gasteiger partial charge in [-0.25, -0.2) is 4.98 Å². The molecule has 1 aliphatic heterocycles. The Labute approximate surface area is 172 Å². The fraction of sp³-hybridized carbons (Fsp3) is 0.619. The van der Waals surface area contributed by atoms with Gasteiger partial charge in [0.1, 0.15) is 12.0 Å². The quantitative estimate of drug-likeness (QED) is 0.650. The molecule has 0 spiro atoms. The normalized spacial score (nSPS) is 16.8. The number of nitrogens with zero attached hydrogens (tertiary/aromatic N) is 4. The van der Waals surface area contributed by atoms with Crippen molar-refractivity contribution < 1.29 is 18.7 Å². The Morgan fingerprint density at radius 3 is 2.72 bits per heavy atom. The number of oxazole rings is 1. The molecule has 0 bridgehead atoms. The molecule has 0 aliphatic carbocycles. The molecule has 160 valence electrons. The van der Waals surface area contributed by atoms with Crippen LogP contribution in [0.25, 0.3) is 0 Å². The van der Waals surface area contributed by atoms with Gasteiger partial charge in [0.05, 0.1) is 25.5 Å². The van der Waals surface area contributed by atoms with Crippen molar-refractivity contribution in [3.63, 3.8) is 0 Å². The first-order valence-electron chi connectivity index (χ1n) is 10.4.